The quantitative estimate of drug-likeness (QED) is 0.824. The molecule has 0 aliphatic rings. The van der Waals surface area contributed by atoms with Crippen LogP contribution in [0, 0.1) is 0 Å². The van der Waals surface area contributed by atoms with Gasteiger partial charge in [-0.25, -0.2) is 16.8 Å². The van der Waals surface area contributed by atoms with Gasteiger partial charge in [0, 0.05) is 24.1 Å². The van der Waals surface area contributed by atoms with Crippen LogP contribution in [0.5, 0.6) is 0 Å². The number of nitrogens with one attached hydrogen (secondary N) is 1. The van der Waals surface area contributed by atoms with E-state index in [9.17, 15) is 16.8 Å². The summed E-state index contributed by atoms with van der Waals surface area (Å²) in [4.78, 5) is -0.0557. The Bertz CT molecular complexity index is 954. The van der Waals surface area contributed by atoms with E-state index in [2.05, 4.69) is 5.32 Å². The molecule has 0 heterocycles. The molecular weight excluding hydrogens is 370 g/mol. The molecule has 0 amide bonds. The fourth-order valence-electron chi connectivity index (χ4n) is 2.22. The van der Waals surface area contributed by atoms with E-state index in [4.69, 9.17) is 11.6 Å². The molecule has 0 unspecified atom stereocenters. The highest BCUT2D eigenvalue weighted by Gasteiger charge is 2.17. The van der Waals surface area contributed by atoms with Crippen LogP contribution in [0.1, 0.15) is 5.56 Å². The third-order valence-electron chi connectivity index (χ3n) is 3.40. The second-order valence-electron chi connectivity index (χ2n) is 5.51. The van der Waals surface area contributed by atoms with E-state index in [0.717, 1.165) is 18.1 Å². The van der Waals surface area contributed by atoms with Crippen LogP contribution in [0.4, 0.5) is 5.69 Å². The highest BCUT2D eigenvalue weighted by molar-refractivity contribution is 7.91. The van der Waals surface area contributed by atoms with Gasteiger partial charge in [0.25, 0.3) is 0 Å². The Labute approximate surface area is 147 Å². The average molecular weight is 388 g/mol. The SMILES string of the molecule is CS(=O)(=O)c1ccc(NCCc2cccc(Cl)c2)c(S(C)(=O)=O)c1. The van der Waals surface area contributed by atoms with E-state index >= 15 is 0 Å². The first-order chi connectivity index (χ1) is 11.1. The van der Waals surface area contributed by atoms with Crippen molar-refractivity contribution < 1.29 is 16.8 Å². The number of rotatable bonds is 6. The predicted molar refractivity (Wildman–Crippen MR) is 96.3 cm³/mol. The summed E-state index contributed by atoms with van der Waals surface area (Å²) in [5.41, 5.74) is 1.40. The highest BCUT2D eigenvalue weighted by atomic mass is 35.5. The molecule has 0 aromatic heterocycles. The van der Waals surface area contributed by atoms with Gasteiger partial charge in [0.05, 0.1) is 15.5 Å². The van der Waals surface area contributed by atoms with Crippen molar-refractivity contribution in [1.82, 2.24) is 0 Å². The van der Waals surface area contributed by atoms with Crippen LogP contribution in [-0.2, 0) is 26.1 Å². The molecule has 8 heteroatoms. The standard InChI is InChI=1S/C16H18ClNO4S2/c1-23(19,20)14-6-7-15(16(11-14)24(2,21)22)18-9-8-12-4-3-5-13(17)10-12/h3-7,10-11,18H,8-9H2,1-2H3. The summed E-state index contributed by atoms with van der Waals surface area (Å²) in [6.45, 7) is 0.487. The van der Waals surface area contributed by atoms with Gasteiger partial charge in [-0.2, -0.15) is 0 Å². The maximum Gasteiger partial charge on any atom is 0.177 e. The van der Waals surface area contributed by atoms with Crippen LogP contribution in [-0.4, -0.2) is 35.9 Å². The zero-order valence-electron chi connectivity index (χ0n) is 13.3. The van der Waals surface area contributed by atoms with Gasteiger partial charge >= 0.3 is 0 Å². The summed E-state index contributed by atoms with van der Waals surface area (Å²) in [6, 6.07) is 11.5. The van der Waals surface area contributed by atoms with Crippen LogP contribution in [0.3, 0.4) is 0 Å². The molecule has 2 aromatic rings. The van der Waals surface area contributed by atoms with Gasteiger partial charge in [-0.15, -0.1) is 0 Å². The van der Waals surface area contributed by atoms with E-state index in [1.165, 1.54) is 18.2 Å². The molecule has 0 spiro atoms. The lowest BCUT2D eigenvalue weighted by Crippen LogP contribution is -2.10. The maximum absolute atomic E-state index is 12.0. The smallest absolute Gasteiger partial charge is 0.177 e. The van der Waals surface area contributed by atoms with E-state index < -0.39 is 19.7 Å². The molecule has 0 radical (unpaired) electrons. The van der Waals surface area contributed by atoms with Gasteiger partial charge in [0.15, 0.2) is 19.7 Å². The Balaban J connectivity index is 2.23. The number of halogens is 1. The third kappa shape index (κ3) is 4.96. The van der Waals surface area contributed by atoms with E-state index in [1.807, 2.05) is 18.2 Å². The lowest BCUT2D eigenvalue weighted by molar-refractivity contribution is 0.600. The first-order valence-electron chi connectivity index (χ1n) is 7.10. The minimum atomic E-state index is -3.57. The Morgan fingerprint density at radius 3 is 2.25 bits per heavy atom. The number of hydrogen-bond donors (Lipinski definition) is 1. The van der Waals surface area contributed by atoms with Crippen molar-refractivity contribution in [3.63, 3.8) is 0 Å². The molecule has 24 heavy (non-hydrogen) atoms. The zero-order chi connectivity index (χ0) is 18.0. The minimum Gasteiger partial charge on any atom is -0.384 e. The Kier molecular flexibility index (Phi) is 5.57. The van der Waals surface area contributed by atoms with Crippen LogP contribution in [0.2, 0.25) is 5.02 Å². The summed E-state index contributed by atoms with van der Waals surface area (Å²) in [7, 11) is -7.04. The Morgan fingerprint density at radius 2 is 1.67 bits per heavy atom. The highest BCUT2D eigenvalue weighted by Crippen LogP contribution is 2.25. The van der Waals surface area contributed by atoms with E-state index in [0.29, 0.717) is 23.7 Å². The molecule has 0 saturated heterocycles. The van der Waals surface area contributed by atoms with Gasteiger partial charge in [-0.05, 0) is 42.3 Å². The van der Waals surface area contributed by atoms with Gasteiger partial charge in [0.2, 0.25) is 0 Å². The minimum absolute atomic E-state index is 0.0247. The number of hydrogen-bond acceptors (Lipinski definition) is 5. The second kappa shape index (κ2) is 7.13. The largest absolute Gasteiger partial charge is 0.384 e. The van der Waals surface area contributed by atoms with Crippen molar-refractivity contribution in [2.75, 3.05) is 24.4 Å². The summed E-state index contributed by atoms with van der Waals surface area (Å²) in [5.74, 6) is 0. The number of sulfone groups is 2. The van der Waals surface area contributed by atoms with E-state index in [1.54, 1.807) is 6.07 Å². The molecule has 1 N–H and O–H groups in total. The monoisotopic (exact) mass is 387 g/mol. The molecule has 0 saturated carbocycles. The van der Waals surface area contributed by atoms with Crippen molar-refractivity contribution >= 4 is 37.0 Å². The third-order valence-corrected chi connectivity index (χ3v) is 5.88. The summed E-state index contributed by atoms with van der Waals surface area (Å²) in [6.07, 6.45) is 2.74. The van der Waals surface area contributed by atoms with Crippen molar-refractivity contribution in [1.29, 1.82) is 0 Å². The first-order valence-corrected chi connectivity index (χ1v) is 11.3. The lowest BCUT2D eigenvalue weighted by atomic mass is 10.1. The molecule has 130 valence electrons. The number of benzene rings is 2. The topological polar surface area (TPSA) is 80.3 Å². The van der Waals surface area contributed by atoms with Gasteiger partial charge in [-0.1, -0.05) is 23.7 Å². The molecule has 0 fully saturated rings. The van der Waals surface area contributed by atoms with Crippen molar-refractivity contribution in [3.05, 3.63) is 53.1 Å². The van der Waals surface area contributed by atoms with Crippen LogP contribution in [0.15, 0.2) is 52.3 Å². The fraction of sp³-hybridized carbons (Fsp3) is 0.250. The molecule has 0 aliphatic heterocycles. The van der Waals surface area contributed by atoms with Gasteiger partial charge in [-0.3, -0.25) is 0 Å². The Morgan fingerprint density at radius 1 is 0.958 bits per heavy atom. The first kappa shape index (κ1) is 18.8. The lowest BCUT2D eigenvalue weighted by Gasteiger charge is -2.12. The molecule has 0 aliphatic carbocycles. The molecule has 0 atom stereocenters. The van der Waals surface area contributed by atoms with Crippen molar-refractivity contribution in [2.24, 2.45) is 0 Å². The molecule has 2 rings (SSSR count). The van der Waals surface area contributed by atoms with Crippen LogP contribution in [0.25, 0.3) is 0 Å². The van der Waals surface area contributed by atoms with Crippen molar-refractivity contribution in [3.8, 4) is 0 Å². The normalized spacial score (nSPS) is 12.1. The molecule has 5 nitrogen and oxygen atoms in total. The van der Waals surface area contributed by atoms with Gasteiger partial charge < -0.3 is 5.32 Å². The average Bonchev–Trinajstić information content (AvgIpc) is 2.45. The maximum atomic E-state index is 12.0. The number of anilines is 1. The van der Waals surface area contributed by atoms with E-state index in [-0.39, 0.29) is 9.79 Å². The predicted octanol–water partition coefficient (Wildman–Crippen LogP) is 2.80. The summed E-state index contributed by atoms with van der Waals surface area (Å²) in [5, 5.41) is 3.69. The summed E-state index contributed by atoms with van der Waals surface area (Å²) < 4.78 is 47.2. The van der Waals surface area contributed by atoms with Gasteiger partial charge in [0.1, 0.15) is 0 Å². The molecule has 2 aromatic carbocycles. The fourth-order valence-corrected chi connectivity index (χ4v) is 4.04. The van der Waals surface area contributed by atoms with Crippen LogP contribution < -0.4 is 5.32 Å². The second-order valence-corrected chi connectivity index (χ2v) is 9.95. The Hall–Kier alpha value is -1.57. The van der Waals surface area contributed by atoms with Crippen LogP contribution >= 0.6 is 11.6 Å². The van der Waals surface area contributed by atoms with Crippen molar-refractivity contribution in [2.45, 2.75) is 16.2 Å². The molecular formula is C16H18ClNO4S2. The zero-order valence-corrected chi connectivity index (χ0v) is 15.7. The molecule has 0 bridgehead atoms. The summed E-state index contributed by atoms with van der Waals surface area (Å²) >= 11 is 5.93.